The molecule has 19 heavy (non-hydrogen) atoms. The van der Waals surface area contributed by atoms with E-state index < -0.39 is 6.17 Å². The van der Waals surface area contributed by atoms with Crippen LogP contribution in [-0.4, -0.2) is 31.1 Å². The Morgan fingerprint density at radius 1 is 1.21 bits per heavy atom. The van der Waals surface area contributed by atoms with Crippen LogP contribution in [0.25, 0.3) is 0 Å². The number of halogens is 1. The smallest absolute Gasteiger partial charge is 0.100 e. The summed E-state index contributed by atoms with van der Waals surface area (Å²) < 4.78 is 18.7. The van der Waals surface area contributed by atoms with E-state index in [-0.39, 0.29) is 11.5 Å². The van der Waals surface area contributed by atoms with Crippen LogP contribution in [0.3, 0.4) is 0 Å². The largest absolute Gasteiger partial charge is 0.393 e. The van der Waals surface area contributed by atoms with Gasteiger partial charge in [0.05, 0.1) is 12.7 Å². The highest BCUT2D eigenvalue weighted by Gasteiger charge is 2.30. The van der Waals surface area contributed by atoms with Gasteiger partial charge in [-0.3, -0.25) is 0 Å². The molecule has 0 saturated carbocycles. The molecule has 0 heterocycles. The first kappa shape index (κ1) is 21.2. The lowest BCUT2D eigenvalue weighted by Crippen LogP contribution is -2.31. The van der Waals surface area contributed by atoms with Gasteiger partial charge >= 0.3 is 0 Å². The normalized spacial score (nSPS) is 17.1. The molecule has 0 aromatic carbocycles. The molecule has 2 nitrogen and oxygen atoms in total. The first-order valence-electron chi connectivity index (χ1n) is 7.78. The highest BCUT2D eigenvalue weighted by Crippen LogP contribution is 2.32. The van der Waals surface area contributed by atoms with Crippen LogP contribution >= 0.6 is 0 Å². The van der Waals surface area contributed by atoms with Crippen molar-refractivity contribution >= 4 is 0 Å². The Hall–Kier alpha value is -0.150. The molecule has 0 spiro atoms. The average Bonchev–Trinajstić information content (AvgIpc) is 2.38. The highest BCUT2D eigenvalue weighted by atomic mass is 19.1. The zero-order valence-electron chi connectivity index (χ0n) is 13.8. The van der Waals surface area contributed by atoms with Gasteiger partial charge in [-0.05, 0) is 31.1 Å². The van der Waals surface area contributed by atoms with Crippen molar-refractivity contribution in [1.29, 1.82) is 0 Å². The van der Waals surface area contributed by atoms with E-state index >= 15 is 0 Å². The van der Waals surface area contributed by atoms with Crippen molar-refractivity contribution in [2.75, 3.05) is 13.7 Å². The third kappa shape index (κ3) is 11.4. The Balaban J connectivity index is 0. The number of unbranched alkanes of at least 4 members (excludes halogenated alkanes) is 1. The lowest BCUT2D eigenvalue weighted by molar-refractivity contribution is 0.0158. The van der Waals surface area contributed by atoms with E-state index in [1.165, 1.54) is 0 Å². The average molecular weight is 278 g/mol. The van der Waals surface area contributed by atoms with Gasteiger partial charge in [-0.15, -0.1) is 0 Å². The topological polar surface area (TPSA) is 29.5 Å². The maximum atomic E-state index is 13.5. The van der Waals surface area contributed by atoms with Crippen LogP contribution in [0.4, 0.5) is 4.39 Å². The number of alkyl halides is 1. The fraction of sp³-hybridized carbons (Fsp3) is 1.00. The van der Waals surface area contributed by atoms with Crippen LogP contribution in [0.2, 0.25) is 0 Å². The SMILES string of the molecule is CC.CCCCC(O)CC(C)(COC)CC(F)CC. The van der Waals surface area contributed by atoms with Gasteiger partial charge in [0.2, 0.25) is 0 Å². The number of hydrogen-bond acceptors (Lipinski definition) is 2. The number of methoxy groups -OCH3 is 1. The Bertz CT molecular complexity index is 188. The second-order valence-corrected chi connectivity index (χ2v) is 5.45. The van der Waals surface area contributed by atoms with Gasteiger partial charge in [0.25, 0.3) is 0 Å². The van der Waals surface area contributed by atoms with Crippen molar-refractivity contribution in [3.63, 3.8) is 0 Å². The lowest BCUT2D eigenvalue weighted by atomic mass is 9.79. The highest BCUT2D eigenvalue weighted by molar-refractivity contribution is 4.80. The minimum absolute atomic E-state index is 0.253. The summed E-state index contributed by atoms with van der Waals surface area (Å²) >= 11 is 0. The minimum Gasteiger partial charge on any atom is -0.393 e. The second kappa shape index (κ2) is 12.9. The molecule has 0 aliphatic carbocycles. The van der Waals surface area contributed by atoms with Gasteiger partial charge in [0.1, 0.15) is 6.17 Å². The zero-order chi connectivity index (χ0) is 15.3. The predicted molar refractivity (Wildman–Crippen MR) is 81.3 cm³/mol. The first-order chi connectivity index (χ1) is 8.97. The van der Waals surface area contributed by atoms with E-state index in [4.69, 9.17) is 4.74 Å². The maximum Gasteiger partial charge on any atom is 0.100 e. The second-order valence-electron chi connectivity index (χ2n) is 5.45. The fourth-order valence-electron chi connectivity index (χ4n) is 2.34. The van der Waals surface area contributed by atoms with Crippen molar-refractivity contribution in [3.05, 3.63) is 0 Å². The van der Waals surface area contributed by atoms with Crippen LogP contribution in [0, 0.1) is 5.41 Å². The van der Waals surface area contributed by atoms with Gasteiger partial charge in [-0.1, -0.05) is 47.5 Å². The summed E-state index contributed by atoms with van der Waals surface area (Å²) in [5, 5.41) is 9.95. The molecule has 118 valence electrons. The molecule has 0 saturated heterocycles. The standard InChI is InChI=1S/C14H29FO2.C2H6/c1-5-7-8-13(16)10-14(3,11-17-4)9-12(15)6-2;1-2/h12-13,16H,5-11H2,1-4H3;1-2H3. The number of hydrogen-bond donors (Lipinski definition) is 1. The summed E-state index contributed by atoms with van der Waals surface area (Å²) in [6.45, 7) is 10.5. The summed E-state index contributed by atoms with van der Waals surface area (Å²) in [5.74, 6) is 0. The molecule has 0 aliphatic heterocycles. The summed E-state index contributed by atoms with van der Waals surface area (Å²) in [5.41, 5.74) is -0.253. The van der Waals surface area contributed by atoms with Crippen LogP contribution < -0.4 is 0 Å². The summed E-state index contributed by atoms with van der Waals surface area (Å²) in [7, 11) is 1.63. The molecule has 3 heteroatoms. The van der Waals surface area contributed by atoms with Gasteiger partial charge in [0, 0.05) is 7.11 Å². The number of ether oxygens (including phenoxy) is 1. The van der Waals surface area contributed by atoms with Gasteiger partial charge in [-0.25, -0.2) is 4.39 Å². The Morgan fingerprint density at radius 2 is 1.79 bits per heavy atom. The van der Waals surface area contributed by atoms with E-state index in [9.17, 15) is 9.50 Å². The number of aliphatic hydroxyl groups is 1. The van der Waals surface area contributed by atoms with Gasteiger partial charge in [-0.2, -0.15) is 0 Å². The lowest BCUT2D eigenvalue weighted by Gasteiger charge is -2.32. The predicted octanol–water partition coefficient (Wildman–Crippen LogP) is 4.74. The van der Waals surface area contributed by atoms with Crippen molar-refractivity contribution in [2.45, 2.75) is 85.4 Å². The Morgan fingerprint density at radius 3 is 2.21 bits per heavy atom. The molecule has 0 bridgehead atoms. The van der Waals surface area contributed by atoms with Gasteiger partial charge < -0.3 is 9.84 Å². The van der Waals surface area contributed by atoms with E-state index in [0.29, 0.717) is 25.9 Å². The molecule has 1 N–H and O–H groups in total. The minimum atomic E-state index is -0.798. The zero-order valence-corrected chi connectivity index (χ0v) is 13.8. The van der Waals surface area contributed by atoms with Crippen LogP contribution in [0.15, 0.2) is 0 Å². The molecular weight excluding hydrogens is 243 g/mol. The molecule has 0 aromatic heterocycles. The van der Waals surface area contributed by atoms with Crippen molar-refractivity contribution in [2.24, 2.45) is 5.41 Å². The third-order valence-corrected chi connectivity index (χ3v) is 3.27. The first-order valence-corrected chi connectivity index (χ1v) is 7.78. The molecular formula is C16H35FO2. The molecule has 3 atom stereocenters. The summed E-state index contributed by atoms with van der Waals surface area (Å²) in [6.07, 6.45) is 3.41. The van der Waals surface area contributed by atoms with E-state index in [0.717, 1.165) is 19.3 Å². The van der Waals surface area contributed by atoms with Crippen molar-refractivity contribution in [3.8, 4) is 0 Å². The monoisotopic (exact) mass is 278 g/mol. The Labute approximate surface area is 119 Å². The van der Waals surface area contributed by atoms with Crippen molar-refractivity contribution in [1.82, 2.24) is 0 Å². The van der Waals surface area contributed by atoms with E-state index in [1.54, 1.807) is 7.11 Å². The summed E-state index contributed by atoms with van der Waals surface area (Å²) in [6, 6.07) is 0. The van der Waals surface area contributed by atoms with Crippen LogP contribution in [0.1, 0.15) is 73.1 Å². The molecule has 3 unspecified atom stereocenters. The maximum absolute atomic E-state index is 13.5. The Kier molecular flexibility index (Phi) is 14.3. The number of aliphatic hydroxyl groups excluding tert-OH is 1. The fourth-order valence-corrected chi connectivity index (χ4v) is 2.34. The van der Waals surface area contributed by atoms with Crippen LogP contribution in [0.5, 0.6) is 0 Å². The third-order valence-electron chi connectivity index (χ3n) is 3.27. The molecule has 0 amide bonds. The van der Waals surface area contributed by atoms with Crippen LogP contribution in [-0.2, 0) is 4.74 Å². The summed E-state index contributed by atoms with van der Waals surface area (Å²) in [4.78, 5) is 0. The molecule has 0 radical (unpaired) electrons. The molecule has 0 rings (SSSR count). The van der Waals surface area contributed by atoms with Crippen molar-refractivity contribution < 1.29 is 14.2 Å². The molecule has 0 aliphatic rings. The quantitative estimate of drug-likeness (QED) is 0.625. The van der Waals surface area contributed by atoms with E-state index in [2.05, 4.69) is 6.92 Å². The molecule has 0 aromatic rings. The molecule has 0 fully saturated rings. The van der Waals surface area contributed by atoms with Gasteiger partial charge in [0.15, 0.2) is 0 Å². The van der Waals surface area contributed by atoms with E-state index in [1.807, 2.05) is 27.7 Å². The number of rotatable bonds is 10.